The number of rotatable bonds is 4. The molecule has 0 amide bonds. The molecular formula is C12H20N2S. The topological polar surface area (TPSA) is 24.9 Å². The number of aromatic nitrogens is 1. The molecule has 3 heteroatoms. The van der Waals surface area contributed by atoms with E-state index in [0.717, 1.165) is 11.8 Å². The van der Waals surface area contributed by atoms with E-state index >= 15 is 0 Å². The molecule has 2 atom stereocenters. The Morgan fingerprint density at radius 3 is 2.87 bits per heavy atom. The average Bonchev–Trinajstić information content (AvgIpc) is 2.74. The lowest BCUT2D eigenvalue weighted by Gasteiger charge is -2.30. The van der Waals surface area contributed by atoms with Gasteiger partial charge < -0.3 is 5.32 Å². The zero-order valence-electron chi connectivity index (χ0n) is 9.41. The summed E-state index contributed by atoms with van der Waals surface area (Å²) in [6.07, 6.45) is 8.75. The van der Waals surface area contributed by atoms with Gasteiger partial charge in [0.1, 0.15) is 0 Å². The summed E-state index contributed by atoms with van der Waals surface area (Å²) in [7, 11) is 2.06. The van der Waals surface area contributed by atoms with Gasteiger partial charge in [0.25, 0.3) is 0 Å². The fourth-order valence-electron chi connectivity index (χ4n) is 2.66. The number of nitrogens with zero attached hydrogens (tertiary/aromatic N) is 1. The Bertz CT molecular complexity index is 269. The molecule has 1 fully saturated rings. The summed E-state index contributed by atoms with van der Waals surface area (Å²) in [5, 5.41) is 6.74. The molecule has 0 radical (unpaired) electrons. The second-order valence-electron chi connectivity index (χ2n) is 4.49. The van der Waals surface area contributed by atoms with E-state index in [9.17, 15) is 0 Å². The van der Waals surface area contributed by atoms with Crippen molar-refractivity contribution in [2.75, 3.05) is 13.6 Å². The van der Waals surface area contributed by atoms with Gasteiger partial charge in [0, 0.05) is 18.0 Å². The smallest absolute Gasteiger partial charge is 0.0927 e. The number of thiazole rings is 1. The highest BCUT2D eigenvalue weighted by molar-refractivity contribution is 7.09. The maximum Gasteiger partial charge on any atom is 0.0927 e. The van der Waals surface area contributed by atoms with Crippen LogP contribution >= 0.6 is 11.3 Å². The van der Waals surface area contributed by atoms with Crippen molar-refractivity contribution >= 4 is 11.3 Å². The molecule has 1 aromatic heterocycles. The van der Waals surface area contributed by atoms with Crippen molar-refractivity contribution in [3.8, 4) is 0 Å². The summed E-state index contributed by atoms with van der Waals surface area (Å²) < 4.78 is 0. The fourth-order valence-corrected chi connectivity index (χ4v) is 3.37. The van der Waals surface area contributed by atoms with Crippen LogP contribution in [0.1, 0.15) is 30.7 Å². The van der Waals surface area contributed by atoms with Crippen LogP contribution in [0.2, 0.25) is 0 Å². The second kappa shape index (κ2) is 5.61. The normalized spacial score (nSPS) is 26.7. The second-order valence-corrected chi connectivity index (χ2v) is 5.47. The zero-order chi connectivity index (χ0) is 10.5. The molecule has 1 N–H and O–H groups in total. The van der Waals surface area contributed by atoms with E-state index in [1.807, 2.05) is 6.20 Å². The van der Waals surface area contributed by atoms with Crippen molar-refractivity contribution < 1.29 is 0 Å². The number of hydrogen-bond acceptors (Lipinski definition) is 3. The Morgan fingerprint density at radius 2 is 2.20 bits per heavy atom. The number of hydrogen-bond donors (Lipinski definition) is 1. The van der Waals surface area contributed by atoms with E-state index in [1.165, 1.54) is 43.7 Å². The van der Waals surface area contributed by atoms with Crippen LogP contribution < -0.4 is 5.32 Å². The number of nitrogens with one attached hydrogen (secondary N) is 1. The van der Waals surface area contributed by atoms with Gasteiger partial charge in [0.15, 0.2) is 0 Å². The monoisotopic (exact) mass is 224 g/mol. The zero-order valence-corrected chi connectivity index (χ0v) is 10.2. The summed E-state index contributed by atoms with van der Waals surface area (Å²) in [5.41, 5.74) is 0. The maximum absolute atomic E-state index is 4.40. The van der Waals surface area contributed by atoms with Crippen LogP contribution in [-0.4, -0.2) is 18.6 Å². The first-order chi connectivity index (χ1) is 7.40. The van der Waals surface area contributed by atoms with Crippen molar-refractivity contribution in [2.45, 2.75) is 32.1 Å². The summed E-state index contributed by atoms with van der Waals surface area (Å²) in [4.78, 5) is 4.40. The highest BCUT2D eigenvalue weighted by Gasteiger charge is 2.25. The highest BCUT2D eigenvalue weighted by atomic mass is 32.1. The van der Waals surface area contributed by atoms with Crippen molar-refractivity contribution in [1.29, 1.82) is 0 Å². The van der Waals surface area contributed by atoms with Gasteiger partial charge in [0.2, 0.25) is 0 Å². The van der Waals surface area contributed by atoms with Crippen molar-refractivity contribution in [3.63, 3.8) is 0 Å². The van der Waals surface area contributed by atoms with Crippen molar-refractivity contribution in [3.05, 3.63) is 16.6 Å². The summed E-state index contributed by atoms with van der Waals surface area (Å²) in [6, 6.07) is 0. The molecule has 0 aliphatic heterocycles. The molecule has 1 saturated carbocycles. The van der Waals surface area contributed by atoms with Gasteiger partial charge in [-0.2, -0.15) is 0 Å². The van der Waals surface area contributed by atoms with Crippen LogP contribution in [0.25, 0.3) is 0 Å². The lowest BCUT2D eigenvalue weighted by atomic mass is 9.77. The van der Waals surface area contributed by atoms with Gasteiger partial charge in [0.05, 0.1) is 5.01 Å². The standard InChI is InChI=1S/C12H20N2S/c1-13-9-11-5-3-2-4-10(11)8-12-14-6-7-15-12/h6-7,10-11,13H,2-5,8-9H2,1H3. The largest absolute Gasteiger partial charge is 0.319 e. The van der Waals surface area contributed by atoms with Crippen LogP contribution in [-0.2, 0) is 6.42 Å². The molecule has 2 nitrogen and oxygen atoms in total. The van der Waals surface area contributed by atoms with Gasteiger partial charge in [-0.05, 0) is 38.3 Å². The average molecular weight is 224 g/mol. The molecule has 0 saturated heterocycles. The van der Waals surface area contributed by atoms with E-state index < -0.39 is 0 Å². The lowest BCUT2D eigenvalue weighted by Crippen LogP contribution is -2.29. The van der Waals surface area contributed by atoms with E-state index in [1.54, 1.807) is 11.3 Å². The molecule has 0 spiro atoms. The van der Waals surface area contributed by atoms with Gasteiger partial charge >= 0.3 is 0 Å². The molecule has 0 bridgehead atoms. The molecule has 84 valence electrons. The van der Waals surface area contributed by atoms with Crippen molar-refractivity contribution in [1.82, 2.24) is 10.3 Å². The van der Waals surface area contributed by atoms with Gasteiger partial charge in [-0.25, -0.2) is 4.98 Å². The Balaban J connectivity index is 1.92. The lowest BCUT2D eigenvalue weighted by molar-refractivity contribution is 0.232. The Labute approximate surface area is 96.1 Å². The molecule has 1 aromatic rings. The molecule has 1 heterocycles. The van der Waals surface area contributed by atoms with Crippen LogP contribution in [0.5, 0.6) is 0 Å². The predicted molar refractivity (Wildman–Crippen MR) is 65.2 cm³/mol. The molecule has 1 aliphatic rings. The van der Waals surface area contributed by atoms with Gasteiger partial charge in [-0.1, -0.05) is 12.8 Å². The fraction of sp³-hybridized carbons (Fsp3) is 0.750. The van der Waals surface area contributed by atoms with Crippen LogP contribution in [0, 0.1) is 11.8 Å². The quantitative estimate of drug-likeness (QED) is 0.850. The van der Waals surface area contributed by atoms with Crippen LogP contribution in [0.4, 0.5) is 0 Å². The molecule has 2 unspecified atom stereocenters. The van der Waals surface area contributed by atoms with Crippen molar-refractivity contribution in [2.24, 2.45) is 11.8 Å². The Kier molecular flexibility index (Phi) is 4.15. The molecule has 15 heavy (non-hydrogen) atoms. The summed E-state index contributed by atoms with van der Waals surface area (Å²) >= 11 is 1.81. The first-order valence-corrected chi connectivity index (χ1v) is 6.81. The third-order valence-electron chi connectivity index (χ3n) is 3.45. The minimum Gasteiger partial charge on any atom is -0.319 e. The molecular weight excluding hydrogens is 204 g/mol. The molecule has 0 aromatic carbocycles. The third kappa shape index (κ3) is 3.02. The van der Waals surface area contributed by atoms with Gasteiger partial charge in [-0.15, -0.1) is 11.3 Å². The van der Waals surface area contributed by atoms with Crippen LogP contribution in [0.15, 0.2) is 11.6 Å². The maximum atomic E-state index is 4.40. The first kappa shape index (κ1) is 11.1. The predicted octanol–water partition coefficient (Wildman–Crippen LogP) is 2.71. The highest BCUT2D eigenvalue weighted by Crippen LogP contribution is 2.32. The van der Waals surface area contributed by atoms with E-state index in [4.69, 9.17) is 0 Å². The first-order valence-electron chi connectivity index (χ1n) is 5.93. The van der Waals surface area contributed by atoms with Gasteiger partial charge in [-0.3, -0.25) is 0 Å². The van der Waals surface area contributed by atoms with E-state index in [-0.39, 0.29) is 0 Å². The third-order valence-corrected chi connectivity index (χ3v) is 4.26. The molecule has 2 rings (SSSR count). The summed E-state index contributed by atoms with van der Waals surface area (Å²) in [5.74, 6) is 1.73. The minimum atomic E-state index is 0.859. The van der Waals surface area contributed by atoms with Crippen LogP contribution in [0.3, 0.4) is 0 Å². The molecule has 1 aliphatic carbocycles. The van der Waals surface area contributed by atoms with E-state index in [0.29, 0.717) is 0 Å². The minimum absolute atomic E-state index is 0.859. The Morgan fingerprint density at radius 1 is 1.40 bits per heavy atom. The SMILES string of the molecule is CNCC1CCCCC1Cc1nccs1. The summed E-state index contributed by atoms with van der Waals surface area (Å²) in [6.45, 7) is 1.18. The van der Waals surface area contributed by atoms with E-state index in [2.05, 4.69) is 22.7 Å². The Hall–Kier alpha value is -0.410.